The van der Waals surface area contributed by atoms with E-state index in [1.807, 2.05) is 0 Å². The summed E-state index contributed by atoms with van der Waals surface area (Å²) in [4.78, 5) is 20.5. The summed E-state index contributed by atoms with van der Waals surface area (Å²) in [6.07, 6.45) is 3.11. The number of rotatable bonds is 4. The molecule has 0 unspecified atom stereocenters. The first-order valence-electron chi connectivity index (χ1n) is 6.37. The number of aliphatic hydroxyl groups is 1. The molecule has 0 aliphatic carbocycles. The highest BCUT2D eigenvalue weighted by Crippen LogP contribution is 2.25. The Labute approximate surface area is 125 Å². The predicted octanol–water partition coefficient (Wildman–Crippen LogP) is 2.01. The minimum atomic E-state index is -1.03. The van der Waals surface area contributed by atoms with Gasteiger partial charge in [-0.25, -0.2) is 0 Å². The van der Waals surface area contributed by atoms with E-state index < -0.39 is 15.4 Å². The predicted molar refractivity (Wildman–Crippen MR) is 76.5 cm³/mol. The molecule has 1 heterocycles. The smallest absolute Gasteiger partial charge is 0.347 e. The van der Waals surface area contributed by atoms with Crippen LogP contribution in [0.25, 0.3) is 5.69 Å². The molecule has 0 spiro atoms. The summed E-state index contributed by atoms with van der Waals surface area (Å²) in [5.41, 5.74) is -0.883. The van der Waals surface area contributed by atoms with E-state index in [1.54, 1.807) is 38.4 Å². The van der Waals surface area contributed by atoms with E-state index in [4.69, 9.17) is 0 Å². The molecule has 0 amide bonds. The maximum Gasteiger partial charge on any atom is 0.347 e. The Morgan fingerprint density at radius 2 is 1.64 bits per heavy atom. The van der Waals surface area contributed by atoms with Crippen molar-refractivity contribution < 1.29 is 19.5 Å². The van der Waals surface area contributed by atoms with Gasteiger partial charge in [0, 0.05) is 24.3 Å². The molecule has 2 rings (SSSR count). The normalized spacial score (nSPS) is 11.2. The van der Waals surface area contributed by atoms with Gasteiger partial charge in [-0.3, -0.25) is 20.2 Å². The van der Waals surface area contributed by atoms with E-state index in [9.17, 15) is 25.3 Å². The van der Waals surface area contributed by atoms with Crippen LogP contribution in [0.3, 0.4) is 0 Å². The summed E-state index contributed by atoms with van der Waals surface area (Å²) in [6, 6.07) is 6.71. The Hall–Kier alpha value is -2.87. The zero-order chi connectivity index (χ0) is 16.5. The summed E-state index contributed by atoms with van der Waals surface area (Å²) in [5.74, 6) is 0. The lowest BCUT2D eigenvalue weighted by molar-refractivity contribution is -0.601. The summed E-state index contributed by atoms with van der Waals surface area (Å²) in [6.45, 7) is 3.25. The zero-order valence-corrected chi connectivity index (χ0v) is 12.0. The molecule has 0 radical (unpaired) electrons. The van der Waals surface area contributed by atoms with E-state index in [0.717, 1.165) is 6.07 Å². The Morgan fingerprint density at radius 1 is 1.05 bits per heavy atom. The lowest BCUT2D eigenvalue weighted by atomic mass is 10.00. The van der Waals surface area contributed by atoms with Crippen molar-refractivity contribution in [1.29, 1.82) is 0 Å². The molecule has 8 heteroatoms. The highest BCUT2D eigenvalue weighted by molar-refractivity contribution is 5.53. The van der Waals surface area contributed by atoms with Crippen LogP contribution in [0.15, 0.2) is 42.7 Å². The third kappa shape index (κ3) is 3.07. The maximum absolute atomic E-state index is 11.1. The Balaban J connectivity index is 2.52. The molecule has 0 bridgehead atoms. The molecule has 114 valence electrons. The molecule has 0 atom stereocenters. The summed E-state index contributed by atoms with van der Waals surface area (Å²) in [5, 5.41) is 31.8. The molecule has 0 saturated heterocycles. The second-order valence-electron chi connectivity index (χ2n) is 5.24. The lowest BCUT2D eigenvalue weighted by Gasteiger charge is -2.16. The van der Waals surface area contributed by atoms with E-state index in [-0.39, 0.29) is 17.1 Å². The molecule has 8 nitrogen and oxygen atoms in total. The summed E-state index contributed by atoms with van der Waals surface area (Å²) >= 11 is 0. The second kappa shape index (κ2) is 5.49. The van der Waals surface area contributed by atoms with Crippen molar-refractivity contribution in [3.05, 3.63) is 68.5 Å². The number of nitrogens with zero attached hydrogens (tertiary/aromatic N) is 3. The van der Waals surface area contributed by atoms with Crippen LogP contribution < -0.4 is 4.57 Å². The van der Waals surface area contributed by atoms with E-state index in [0.29, 0.717) is 5.56 Å². The SMILES string of the molecule is CC(C)(O)c1cc[n+](-c2ccc([N+](=O)[O-])cc2[N+](=O)[O-])cc1. The highest BCUT2D eigenvalue weighted by Gasteiger charge is 2.26. The molecule has 0 saturated carbocycles. The molecule has 22 heavy (non-hydrogen) atoms. The average Bonchev–Trinajstić information content (AvgIpc) is 2.45. The quantitative estimate of drug-likeness (QED) is 0.527. The lowest BCUT2D eigenvalue weighted by Crippen LogP contribution is -2.31. The number of hydrogen-bond donors (Lipinski definition) is 1. The molecule has 0 aliphatic rings. The van der Waals surface area contributed by atoms with Gasteiger partial charge in [-0.05, 0) is 19.4 Å². The minimum Gasteiger partial charge on any atom is -0.386 e. The fourth-order valence-corrected chi connectivity index (χ4v) is 1.98. The fourth-order valence-electron chi connectivity index (χ4n) is 1.98. The summed E-state index contributed by atoms with van der Waals surface area (Å²) < 4.78 is 1.47. The number of benzene rings is 1. The number of nitro benzene ring substituents is 2. The van der Waals surface area contributed by atoms with Gasteiger partial charge in [0.2, 0.25) is 0 Å². The third-order valence-electron chi connectivity index (χ3n) is 3.18. The van der Waals surface area contributed by atoms with E-state index in [1.165, 1.54) is 16.7 Å². The topological polar surface area (TPSA) is 110 Å². The van der Waals surface area contributed by atoms with Gasteiger partial charge in [0.05, 0.1) is 15.4 Å². The van der Waals surface area contributed by atoms with Crippen molar-refractivity contribution in [1.82, 2.24) is 0 Å². The van der Waals surface area contributed by atoms with Gasteiger partial charge in [0.1, 0.15) is 6.07 Å². The first kappa shape index (κ1) is 15.5. The Morgan fingerprint density at radius 3 is 2.09 bits per heavy atom. The number of non-ortho nitro benzene ring substituents is 1. The monoisotopic (exact) mass is 304 g/mol. The van der Waals surface area contributed by atoms with Crippen molar-refractivity contribution in [3.8, 4) is 5.69 Å². The van der Waals surface area contributed by atoms with Crippen LogP contribution in [0.5, 0.6) is 0 Å². The first-order chi connectivity index (χ1) is 10.2. The van der Waals surface area contributed by atoms with Gasteiger partial charge in [0.15, 0.2) is 12.4 Å². The number of hydrogen-bond acceptors (Lipinski definition) is 5. The Bertz CT molecular complexity index is 735. The van der Waals surface area contributed by atoms with Crippen molar-refractivity contribution in [2.75, 3.05) is 0 Å². The largest absolute Gasteiger partial charge is 0.386 e. The first-order valence-corrected chi connectivity index (χ1v) is 6.37. The van der Waals surface area contributed by atoms with Gasteiger partial charge in [-0.2, -0.15) is 4.57 Å². The fraction of sp³-hybridized carbons (Fsp3) is 0.214. The van der Waals surface area contributed by atoms with Crippen LogP contribution in [0.4, 0.5) is 11.4 Å². The van der Waals surface area contributed by atoms with Crippen LogP contribution in [0.1, 0.15) is 19.4 Å². The van der Waals surface area contributed by atoms with E-state index >= 15 is 0 Å². The van der Waals surface area contributed by atoms with E-state index in [2.05, 4.69) is 0 Å². The average molecular weight is 304 g/mol. The van der Waals surface area contributed by atoms with Crippen LogP contribution in [-0.4, -0.2) is 15.0 Å². The Kier molecular flexibility index (Phi) is 3.87. The van der Waals surface area contributed by atoms with Crippen molar-refractivity contribution in [2.45, 2.75) is 19.4 Å². The number of pyridine rings is 1. The van der Waals surface area contributed by atoms with Gasteiger partial charge >= 0.3 is 5.69 Å². The van der Waals surface area contributed by atoms with Crippen LogP contribution in [-0.2, 0) is 5.60 Å². The summed E-state index contributed by atoms with van der Waals surface area (Å²) in [7, 11) is 0. The van der Waals surface area contributed by atoms with Crippen LogP contribution in [0, 0.1) is 20.2 Å². The van der Waals surface area contributed by atoms with Gasteiger partial charge < -0.3 is 5.11 Å². The van der Waals surface area contributed by atoms with Gasteiger partial charge in [-0.15, -0.1) is 0 Å². The second-order valence-corrected chi connectivity index (χ2v) is 5.24. The molecule has 0 aliphatic heterocycles. The molecule has 1 N–H and O–H groups in total. The highest BCUT2D eigenvalue weighted by atomic mass is 16.6. The molecule has 1 aromatic heterocycles. The molecule has 2 aromatic rings. The van der Waals surface area contributed by atoms with Gasteiger partial charge in [0.25, 0.3) is 11.4 Å². The molecular weight excluding hydrogens is 290 g/mol. The molecule has 1 aromatic carbocycles. The third-order valence-corrected chi connectivity index (χ3v) is 3.18. The standard InChI is InChI=1S/C14H14N3O5/c1-14(2,18)10-5-7-15(8-6-10)12-4-3-11(16(19)20)9-13(12)17(21)22/h3-9,18H,1-2H3/q+1. The van der Waals surface area contributed by atoms with Crippen LogP contribution >= 0.6 is 0 Å². The van der Waals surface area contributed by atoms with Crippen LogP contribution in [0.2, 0.25) is 0 Å². The van der Waals surface area contributed by atoms with Crippen molar-refractivity contribution >= 4 is 11.4 Å². The van der Waals surface area contributed by atoms with Gasteiger partial charge in [-0.1, -0.05) is 0 Å². The number of aromatic nitrogens is 1. The van der Waals surface area contributed by atoms with Crippen molar-refractivity contribution in [3.63, 3.8) is 0 Å². The maximum atomic E-state index is 11.1. The number of nitro groups is 2. The van der Waals surface area contributed by atoms with Crippen molar-refractivity contribution in [2.24, 2.45) is 0 Å². The zero-order valence-electron chi connectivity index (χ0n) is 12.0. The molecular formula is C14H14N3O5+. The molecule has 0 fully saturated rings. The minimum absolute atomic E-state index is 0.206.